The van der Waals surface area contributed by atoms with Gasteiger partial charge in [-0.15, -0.1) is 0 Å². The molecule has 0 spiro atoms. The number of hydrogen-bond donors (Lipinski definition) is 1. The van der Waals surface area contributed by atoms with Crippen LogP contribution in [-0.2, 0) is 9.84 Å². The summed E-state index contributed by atoms with van der Waals surface area (Å²) in [5.41, 5.74) is 2.77. The Morgan fingerprint density at radius 2 is 1.88 bits per heavy atom. The minimum Gasteiger partial charge on any atom is -0.464 e. The Hall–Kier alpha value is -2.64. The molecule has 182 valence electrons. The van der Waals surface area contributed by atoms with E-state index in [0.29, 0.717) is 24.1 Å². The minimum absolute atomic E-state index is 0.0355. The lowest BCUT2D eigenvalue weighted by Gasteiger charge is -2.34. The molecule has 1 amide bonds. The SMILES string of the molecule is CCCCS(=O)(=O)c1ccccc1C(=O)Nc1ccc2occ(C3CCN(C(C)C)CC3)c2c1. The number of carbonyl (C=O) groups excluding carboxylic acids is 1. The third-order valence-corrected chi connectivity index (χ3v) is 8.65. The average molecular weight is 483 g/mol. The Kier molecular flexibility index (Phi) is 7.43. The van der Waals surface area contributed by atoms with Crippen LogP contribution >= 0.6 is 0 Å². The van der Waals surface area contributed by atoms with E-state index in [1.807, 2.05) is 25.3 Å². The molecule has 0 aliphatic carbocycles. The zero-order valence-electron chi connectivity index (χ0n) is 20.2. The van der Waals surface area contributed by atoms with Crippen molar-refractivity contribution in [3.8, 4) is 0 Å². The lowest BCUT2D eigenvalue weighted by atomic mass is 9.88. The third-order valence-electron chi connectivity index (χ3n) is 6.79. The summed E-state index contributed by atoms with van der Waals surface area (Å²) >= 11 is 0. The molecule has 1 aliphatic rings. The van der Waals surface area contributed by atoms with Crippen molar-refractivity contribution in [1.29, 1.82) is 0 Å². The number of unbranched alkanes of at least 4 members (excludes halogenated alkanes) is 1. The normalized spacial score (nSPS) is 15.8. The van der Waals surface area contributed by atoms with E-state index in [1.54, 1.807) is 24.3 Å². The molecule has 7 heteroatoms. The molecule has 0 radical (unpaired) electrons. The number of likely N-dealkylation sites (tertiary alicyclic amines) is 1. The molecule has 4 rings (SSSR count). The van der Waals surface area contributed by atoms with Gasteiger partial charge in [-0.3, -0.25) is 4.79 Å². The van der Waals surface area contributed by atoms with Gasteiger partial charge in [0.15, 0.2) is 9.84 Å². The molecule has 6 nitrogen and oxygen atoms in total. The van der Waals surface area contributed by atoms with E-state index < -0.39 is 15.7 Å². The number of hydrogen-bond acceptors (Lipinski definition) is 5. The number of piperidine rings is 1. The maximum absolute atomic E-state index is 13.1. The zero-order chi connectivity index (χ0) is 24.3. The van der Waals surface area contributed by atoms with Crippen LogP contribution in [0.2, 0.25) is 0 Å². The van der Waals surface area contributed by atoms with Crippen molar-refractivity contribution < 1.29 is 17.6 Å². The topological polar surface area (TPSA) is 79.6 Å². The monoisotopic (exact) mass is 482 g/mol. The number of nitrogens with zero attached hydrogens (tertiary/aromatic N) is 1. The number of amides is 1. The smallest absolute Gasteiger partial charge is 0.256 e. The van der Waals surface area contributed by atoms with Crippen LogP contribution in [0.4, 0.5) is 5.69 Å². The Morgan fingerprint density at radius 3 is 2.59 bits per heavy atom. The van der Waals surface area contributed by atoms with Gasteiger partial charge in [0.1, 0.15) is 5.58 Å². The molecular formula is C27H34N2O4S. The van der Waals surface area contributed by atoms with Crippen LogP contribution in [0.15, 0.2) is 58.0 Å². The van der Waals surface area contributed by atoms with Crippen LogP contribution in [0, 0.1) is 0 Å². The number of benzene rings is 2. The zero-order valence-corrected chi connectivity index (χ0v) is 21.0. The first-order chi connectivity index (χ1) is 16.3. The molecule has 0 saturated carbocycles. The summed E-state index contributed by atoms with van der Waals surface area (Å²) in [6, 6.07) is 12.6. The quantitative estimate of drug-likeness (QED) is 0.436. The fraction of sp³-hybridized carbons (Fsp3) is 0.444. The van der Waals surface area contributed by atoms with Crippen molar-refractivity contribution in [2.45, 2.75) is 63.3 Å². The summed E-state index contributed by atoms with van der Waals surface area (Å²) in [4.78, 5) is 15.7. The minimum atomic E-state index is -3.53. The molecule has 0 bridgehead atoms. The van der Waals surface area contributed by atoms with E-state index in [2.05, 4.69) is 24.1 Å². The second-order valence-electron chi connectivity index (χ2n) is 9.43. The van der Waals surface area contributed by atoms with Crippen molar-refractivity contribution in [1.82, 2.24) is 4.90 Å². The van der Waals surface area contributed by atoms with Gasteiger partial charge < -0.3 is 14.6 Å². The number of anilines is 1. The van der Waals surface area contributed by atoms with Crippen molar-refractivity contribution in [3.63, 3.8) is 0 Å². The number of rotatable bonds is 8. The Morgan fingerprint density at radius 1 is 1.15 bits per heavy atom. The predicted octanol–water partition coefficient (Wildman–Crippen LogP) is 5.85. The van der Waals surface area contributed by atoms with Gasteiger partial charge in [-0.1, -0.05) is 25.5 Å². The Labute approximate surface area is 202 Å². The van der Waals surface area contributed by atoms with E-state index in [9.17, 15) is 13.2 Å². The van der Waals surface area contributed by atoms with E-state index >= 15 is 0 Å². The molecule has 0 atom stereocenters. The van der Waals surface area contributed by atoms with Crippen LogP contribution in [-0.4, -0.2) is 44.1 Å². The highest BCUT2D eigenvalue weighted by Gasteiger charge is 2.25. The molecule has 3 aromatic rings. The van der Waals surface area contributed by atoms with Crippen molar-refractivity contribution >= 4 is 32.4 Å². The largest absolute Gasteiger partial charge is 0.464 e. The predicted molar refractivity (Wildman–Crippen MR) is 136 cm³/mol. The molecule has 1 saturated heterocycles. The number of nitrogens with one attached hydrogen (secondary N) is 1. The first-order valence-corrected chi connectivity index (χ1v) is 13.8. The molecule has 34 heavy (non-hydrogen) atoms. The highest BCUT2D eigenvalue weighted by atomic mass is 32.2. The van der Waals surface area contributed by atoms with Gasteiger partial charge in [-0.25, -0.2) is 8.42 Å². The van der Waals surface area contributed by atoms with Crippen LogP contribution in [0.25, 0.3) is 11.0 Å². The van der Waals surface area contributed by atoms with E-state index in [4.69, 9.17) is 4.42 Å². The van der Waals surface area contributed by atoms with Crippen molar-refractivity contribution in [2.75, 3.05) is 24.2 Å². The lowest BCUT2D eigenvalue weighted by Crippen LogP contribution is -2.37. The molecule has 2 heterocycles. The summed E-state index contributed by atoms with van der Waals surface area (Å²) in [7, 11) is -3.53. The van der Waals surface area contributed by atoms with Gasteiger partial charge >= 0.3 is 0 Å². The van der Waals surface area contributed by atoms with Gasteiger partial charge in [-0.2, -0.15) is 0 Å². The standard InChI is InChI=1S/C27H34N2O4S/c1-4-5-16-34(31,32)26-9-7-6-8-22(26)27(30)28-21-10-11-25-23(17-21)24(18-33-25)20-12-14-29(15-13-20)19(2)3/h6-11,17-20H,4-5,12-16H2,1-3H3,(H,28,30). The Balaban J connectivity index is 1.56. The maximum atomic E-state index is 13.1. The highest BCUT2D eigenvalue weighted by molar-refractivity contribution is 7.91. The van der Waals surface area contributed by atoms with Gasteiger partial charge in [0.25, 0.3) is 5.91 Å². The molecule has 1 aliphatic heterocycles. The van der Waals surface area contributed by atoms with Crippen LogP contribution < -0.4 is 5.32 Å². The van der Waals surface area contributed by atoms with E-state index in [0.717, 1.165) is 43.3 Å². The number of furan rings is 1. The fourth-order valence-electron chi connectivity index (χ4n) is 4.74. The van der Waals surface area contributed by atoms with E-state index in [1.165, 1.54) is 11.6 Å². The van der Waals surface area contributed by atoms with E-state index in [-0.39, 0.29) is 16.2 Å². The van der Waals surface area contributed by atoms with Gasteiger partial charge in [0.05, 0.1) is 22.5 Å². The second kappa shape index (κ2) is 10.3. The van der Waals surface area contributed by atoms with Gasteiger partial charge in [-0.05, 0) is 82.4 Å². The second-order valence-corrected chi connectivity index (χ2v) is 11.5. The third kappa shape index (κ3) is 5.20. The number of carbonyl (C=O) groups is 1. The number of fused-ring (bicyclic) bond motifs is 1. The average Bonchev–Trinajstić information content (AvgIpc) is 3.26. The Bertz CT molecular complexity index is 1250. The van der Waals surface area contributed by atoms with Crippen molar-refractivity contribution in [3.05, 3.63) is 59.9 Å². The molecule has 1 N–H and O–H groups in total. The summed E-state index contributed by atoms with van der Waals surface area (Å²) in [6.45, 7) is 8.54. The summed E-state index contributed by atoms with van der Waals surface area (Å²) in [5, 5.41) is 3.91. The molecule has 2 aromatic carbocycles. The van der Waals surface area contributed by atoms with Crippen molar-refractivity contribution in [2.24, 2.45) is 0 Å². The van der Waals surface area contributed by atoms with Crippen LogP contribution in [0.3, 0.4) is 0 Å². The maximum Gasteiger partial charge on any atom is 0.256 e. The molecule has 1 aromatic heterocycles. The first-order valence-electron chi connectivity index (χ1n) is 12.2. The summed E-state index contributed by atoms with van der Waals surface area (Å²) in [5.74, 6) is 0.0326. The summed E-state index contributed by atoms with van der Waals surface area (Å²) < 4.78 is 31.4. The van der Waals surface area contributed by atoms with Gasteiger partial charge in [0, 0.05) is 22.7 Å². The summed E-state index contributed by atoms with van der Waals surface area (Å²) in [6.07, 6.45) is 5.34. The van der Waals surface area contributed by atoms with Crippen LogP contribution in [0.5, 0.6) is 0 Å². The van der Waals surface area contributed by atoms with Gasteiger partial charge in [0.2, 0.25) is 0 Å². The fourth-order valence-corrected chi connectivity index (χ4v) is 6.41. The first kappa shape index (κ1) is 24.5. The molecule has 1 fully saturated rings. The molecule has 0 unspecified atom stereocenters. The van der Waals surface area contributed by atoms with Crippen LogP contribution in [0.1, 0.15) is 68.3 Å². The highest BCUT2D eigenvalue weighted by Crippen LogP contribution is 2.36. The lowest BCUT2D eigenvalue weighted by molar-refractivity contribution is 0.102. The number of sulfone groups is 1. The molecular weight excluding hydrogens is 448 g/mol.